The van der Waals surface area contributed by atoms with Crippen molar-refractivity contribution in [3.05, 3.63) is 53.9 Å². The van der Waals surface area contributed by atoms with Gasteiger partial charge in [-0.2, -0.15) is 5.10 Å². The highest BCUT2D eigenvalue weighted by Crippen LogP contribution is 2.20. The molecule has 0 bridgehead atoms. The van der Waals surface area contributed by atoms with E-state index in [-0.39, 0.29) is 5.56 Å². The Balaban J connectivity index is 1.64. The van der Waals surface area contributed by atoms with Gasteiger partial charge in [0.2, 0.25) is 0 Å². The molecule has 22 heavy (non-hydrogen) atoms. The van der Waals surface area contributed by atoms with E-state index in [9.17, 15) is 8.78 Å². The van der Waals surface area contributed by atoms with E-state index in [1.54, 1.807) is 23.0 Å². The van der Waals surface area contributed by atoms with Crippen LogP contribution in [-0.2, 0) is 13.5 Å². The van der Waals surface area contributed by atoms with Gasteiger partial charge in [-0.1, -0.05) is 24.3 Å². The van der Waals surface area contributed by atoms with Crippen LogP contribution in [0.4, 0.5) is 14.6 Å². The molecule has 0 radical (unpaired) electrons. The van der Waals surface area contributed by atoms with Crippen molar-refractivity contribution in [2.45, 2.75) is 12.8 Å². The Morgan fingerprint density at radius 1 is 1.18 bits per heavy atom. The summed E-state index contributed by atoms with van der Waals surface area (Å²) in [5.74, 6) is 0.738. The third kappa shape index (κ3) is 3.05. The van der Waals surface area contributed by atoms with Crippen molar-refractivity contribution >= 4 is 16.7 Å². The average Bonchev–Trinajstić information content (AvgIpc) is 2.89. The molecule has 4 nitrogen and oxygen atoms in total. The van der Waals surface area contributed by atoms with Crippen molar-refractivity contribution < 1.29 is 8.78 Å². The second kappa shape index (κ2) is 6.09. The summed E-state index contributed by atoms with van der Waals surface area (Å²) < 4.78 is 26.7. The quantitative estimate of drug-likeness (QED) is 0.783. The molecule has 1 aromatic carbocycles. The molecule has 1 N–H and O–H groups in total. The van der Waals surface area contributed by atoms with E-state index >= 15 is 0 Å². The van der Waals surface area contributed by atoms with Crippen molar-refractivity contribution in [1.82, 2.24) is 14.8 Å². The van der Waals surface area contributed by atoms with Crippen molar-refractivity contribution in [2.75, 3.05) is 11.9 Å². The molecule has 0 fully saturated rings. The lowest BCUT2D eigenvalue weighted by atomic mass is 10.1. The van der Waals surface area contributed by atoms with Crippen LogP contribution in [0.3, 0.4) is 0 Å². The molecule has 2 heterocycles. The second-order valence-electron chi connectivity index (χ2n) is 5.12. The summed E-state index contributed by atoms with van der Waals surface area (Å²) in [6.45, 7) is 0.663. The first kappa shape index (κ1) is 14.4. The fourth-order valence-electron chi connectivity index (χ4n) is 2.35. The van der Waals surface area contributed by atoms with Gasteiger partial charge in [0.1, 0.15) is 5.52 Å². The maximum Gasteiger partial charge on any atom is 0.263 e. The minimum Gasteiger partial charge on any atom is -0.368 e. The minimum atomic E-state index is -2.42. The van der Waals surface area contributed by atoms with E-state index in [1.165, 1.54) is 12.1 Å². The van der Waals surface area contributed by atoms with Crippen LogP contribution in [0, 0.1) is 0 Å². The highest BCUT2D eigenvalue weighted by atomic mass is 19.3. The van der Waals surface area contributed by atoms with Gasteiger partial charge in [0.15, 0.2) is 5.82 Å². The van der Waals surface area contributed by atoms with Gasteiger partial charge in [-0.05, 0) is 18.1 Å². The lowest BCUT2D eigenvalue weighted by Crippen LogP contribution is -2.07. The number of rotatable bonds is 5. The number of nitrogens with zero attached hydrogens (tertiary/aromatic N) is 3. The number of nitrogens with one attached hydrogen (secondary N) is 1. The number of benzene rings is 1. The SMILES string of the molecule is Cn1cc2ccnc(NCCc3ccc(C(F)F)cc3)c2n1. The summed E-state index contributed by atoms with van der Waals surface area (Å²) >= 11 is 0. The predicted octanol–water partition coefficient (Wildman–Crippen LogP) is 3.56. The van der Waals surface area contributed by atoms with Crippen molar-refractivity contribution in [1.29, 1.82) is 0 Å². The Morgan fingerprint density at radius 3 is 2.68 bits per heavy atom. The zero-order valence-corrected chi connectivity index (χ0v) is 12.1. The molecule has 0 saturated heterocycles. The summed E-state index contributed by atoms with van der Waals surface area (Å²) in [6.07, 6.45) is 1.99. The molecule has 3 aromatic rings. The molecule has 0 unspecified atom stereocenters. The third-order valence-corrected chi connectivity index (χ3v) is 3.48. The second-order valence-corrected chi connectivity index (χ2v) is 5.12. The molecule has 0 atom stereocenters. The Hall–Kier alpha value is -2.50. The molecular formula is C16H16F2N4. The highest BCUT2D eigenvalue weighted by molar-refractivity contribution is 5.87. The number of aromatic nitrogens is 3. The lowest BCUT2D eigenvalue weighted by molar-refractivity contribution is 0.151. The molecule has 3 rings (SSSR count). The molecule has 0 amide bonds. The van der Waals surface area contributed by atoms with Gasteiger partial charge in [0.25, 0.3) is 6.43 Å². The molecule has 6 heteroatoms. The van der Waals surface area contributed by atoms with Crippen LogP contribution in [0.2, 0.25) is 0 Å². The lowest BCUT2D eigenvalue weighted by Gasteiger charge is -2.07. The molecular weight excluding hydrogens is 286 g/mol. The highest BCUT2D eigenvalue weighted by Gasteiger charge is 2.07. The monoisotopic (exact) mass is 302 g/mol. The first-order chi connectivity index (χ1) is 10.6. The number of pyridine rings is 1. The van der Waals surface area contributed by atoms with Crippen LogP contribution in [0.25, 0.3) is 10.9 Å². The summed E-state index contributed by atoms with van der Waals surface area (Å²) in [5, 5.41) is 8.66. The number of hydrogen-bond donors (Lipinski definition) is 1. The van der Waals surface area contributed by atoms with E-state index < -0.39 is 6.43 Å². The number of aryl methyl sites for hydroxylation is 1. The predicted molar refractivity (Wildman–Crippen MR) is 82.1 cm³/mol. The van der Waals surface area contributed by atoms with Crippen LogP contribution < -0.4 is 5.32 Å². The van der Waals surface area contributed by atoms with E-state index in [1.807, 2.05) is 19.3 Å². The topological polar surface area (TPSA) is 42.7 Å². The number of hydrogen-bond acceptors (Lipinski definition) is 3. The fraction of sp³-hybridized carbons (Fsp3) is 0.250. The Kier molecular flexibility index (Phi) is 4.00. The number of alkyl halides is 2. The number of fused-ring (bicyclic) bond motifs is 1. The Labute approximate surface area is 126 Å². The standard InChI is InChI=1S/C16H16F2N4/c1-22-10-13-7-9-20-16(14(13)21-22)19-8-6-11-2-4-12(5-3-11)15(17)18/h2-5,7,9-10,15H,6,8H2,1H3,(H,19,20). The van der Waals surface area contributed by atoms with Crippen LogP contribution in [0.1, 0.15) is 17.6 Å². The van der Waals surface area contributed by atoms with Crippen molar-refractivity contribution in [3.8, 4) is 0 Å². The van der Waals surface area contributed by atoms with Crippen LogP contribution in [0.15, 0.2) is 42.7 Å². The third-order valence-electron chi connectivity index (χ3n) is 3.48. The Morgan fingerprint density at radius 2 is 1.95 bits per heavy atom. The molecule has 2 aromatic heterocycles. The van der Waals surface area contributed by atoms with Crippen molar-refractivity contribution in [2.24, 2.45) is 7.05 Å². The largest absolute Gasteiger partial charge is 0.368 e. The molecule has 0 spiro atoms. The maximum absolute atomic E-state index is 12.5. The van der Waals surface area contributed by atoms with E-state index in [4.69, 9.17) is 0 Å². The molecule has 0 aliphatic rings. The zero-order chi connectivity index (χ0) is 15.5. The van der Waals surface area contributed by atoms with Gasteiger partial charge >= 0.3 is 0 Å². The summed E-state index contributed by atoms with van der Waals surface area (Å²) in [4.78, 5) is 4.30. The first-order valence-electron chi connectivity index (χ1n) is 7.03. The van der Waals surface area contributed by atoms with E-state index in [0.29, 0.717) is 6.54 Å². The summed E-state index contributed by atoms with van der Waals surface area (Å²) in [7, 11) is 1.87. The van der Waals surface area contributed by atoms with E-state index in [0.717, 1.165) is 28.7 Å². The van der Waals surface area contributed by atoms with Gasteiger partial charge in [-0.3, -0.25) is 4.68 Å². The van der Waals surface area contributed by atoms with Gasteiger partial charge in [-0.15, -0.1) is 0 Å². The van der Waals surface area contributed by atoms with Gasteiger partial charge in [-0.25, -0.2) is 13.8 Å². The van der Waals surface area contributed by atoms with Crippen LogP contribution in [-0.4, -0.2) is 21.3 Å². The first-order valence-corrected chi connectivity index (χ1v) is 7.03. The van der Waals surface area contributed by atoms with Gasteiger partial charge < -0.3 is 5.32 Å². The van der Waals surface area contributed by atoms with Crippen molar-refractivity contribution in [3.63, 3.8) is 0 Å². The van der Waals surface area contributed by atoms with Gasteiger partial charge in [0, 0.05) is 36.9 Å². The smallest absolute Gasteiger partial charge is 0.263 e. The fourth-order valence-corrected chi connectivity index (χ4v) is 2.35. The van der Waals surface area contributed by atoms with E-state index in [2.05, 4.69) is 15.4 Å². The average molecular weight is 302 g/mol. The summed E-state index contributed by atoms with van der Waals surface area (Å²) in [6, 6.07) is 8.32. The minimum absolute atomic E-state index is 0.0524. The molecule has 114 valence electrons. The summed E-state index contributed by atoms with van der Waals surface area (Å²) in [5.41, 5.74) is 1.89. The normalized spacial score (nSPS) is 11.3. The molecule has 0 aliphatic heterocycles. The number of halogens is 2. The molecule has 0 aliphatic carbocycles. The zero-order valence-electron chi connectivity index (χ0n) is 12.1. The Bertz CT molecular complexity index is 765. The van der Waals surface area contributed by atoms with Crippen LogP contribution >= 0.6 is 0 Å². The maximum atomic E-state index is 12.5. The molecule has 0 saturated carbocycles. The van der Waals surface area contributed by atoms with Crippen LogP contribution in [0.5, 0.6) is 0 Å². The van der Waals surface area contributed by atoms with Gasteiger partial charge in [0.05, 0.1) is 0 Å². The number of anilines is 1.